The zero-order chi connectivity index (χ0) is 18.8. The summed E-state index contributed by atoms with van der Waals surface area (Å²) in [5.41, 5.74) is 1.79. The van der Waals surface area contributed by atoms with Gasteiger partial charge in [-0.15, -0.1) is 24.0 Å². The molecule has 0 saturated carbocycles. The van der Waals surface area contributed by atoms with Crippen LogP contribution in [-0.2, 0) is 6.54 Å². The van der Waals surface area contributed by atoms with Crippen molar-refractivity contribution in [1.82, 2.24) is 10.6 Å². The molecule has 6 nitrogen and oxygen atoms in total. The lowest BCUT2D eigenvalue weighted by atomic mass is 10.1. The van der Waals surface area contributed by atoms with E-state index in [0.29, 0.717) is 36.1 Å². The quantitative estimate of drug-likeness (QED) is 0.305. The van der Waals surface area contributed by atoms with E-state index in [2.05, 4.69) is 15.6 Å². The Kier molecular flexibility index (Phi) is 10.6. The van der Waals surface area contributed by atoms with Gasteiger partial charge in [-0.2, -0.15) is 0 Å². The first kappa shape index (κ1) is 23.0. The van der Waals surface area contributed by atoms with Crippen LogP contribution >= 0.6 is 24.0 Å². The number of benzene rings is 2. The van der Waals surface area contributed by atoms with Gasteiger partial charge in [-0.3, -0.25) is 0 Å². The SMILES string of the molecule is CCNC(=NCc1ccccc1)NCC(O)c1cc(OC)ccc1OC.I. The maximum absolute atomic E-state index is 10.6. The number of methoxy groups -OCH3 is 2. The van der Waals surface area contributed by atoms with E-state index < -0.39 is 6.10 Å². The van der Waals surface area contributed by atoms with Gasteiger partial charge in [-0.05, 0) is 30.7 Å². The fourth-order valence-electron chi connectivity index (χ4n) is 2.50. The van der Waals surface area contributed by atoms with Crippen molar-refractivity contribution in [1.29, 1.82) is 0 Å². The molecule has 0 aromatic heterocycles. The summed E-state index contributed by atoms with van der Waals surface area (Å²) in [5.74, 6) is 1.94. The minimum Gasteiger partial charge on any atom is -0.497 e. The molecule has 3 N–H and O–H groups in total. The number of guanidine groups is 1. The van der Waals surface area contributed by atoms with E-state index in [-0.39, 0.29) is 24.0 Å². The number of nitrogens with one attached hydrogen (secondary N) is 2. The molecule has 0 saturated heterocycles. The Morgan fingerprint density at radius 3 is 2.44 bits per heavy atom. The first-order chi connectivity index (χ1) is 12.7. The van der Waals surface area contributed by atoms with Crippen molar-refractivity contribution < 1.29 is 14.6 Å². The van der Waals surface area contributed by atoms with Gasteiger partial charge in [0.25, 0.3) is 0 Å². The normalized spacial score (nSPS) is 11.9. The third-order valence-corrected chi connectivity index (χ3v) is 3.87. The highest BCUT2D eigenvalue weighted by Crippen LogP contribution is 2.29. The van der Waals surface area contributed by atoms with Crippen LogP contribution in [0.15, 0.2) is 53.5 Å². The molecule has 2 aromatic carbocycles. The van der Waals surface area contributed by atoms with Crippen LogP contribution in [0.3, 0.4) is 0 Å². The van der Waals surface area contributed by atoms with E-state index >= 15 is 0 Å². The van der Waals surface area contributed by atoms with E-state index in [1.807, 2.05) is 37.3 Å². The van der Waals surface area contributed by atoms with Gasteiger partial charge in [0.2, 0.25) is 0 Å². The molecular formula is C20H28IN3O3. The molecule has 1 unspecified atom stereocenters. The topological polar surface area (TPSA) is 75.1 Å². The van der Waals surface area contributed by atoms with Crippen LogP contribution in [-0.4, -0.2) is 38.4 Å². The van der Waals surface area contributed by atoms with Crippen LogP contribution < -0.4 is 20.1 Å². The zero-order valence-electron chi connectivity index (χ0n) is 15.9. The molecular weight excluding hydrogens is 457 g/mol. The molecule has 0 radical (unpaired) electrons. The Bertz CT molecular complexity index is 711. The molecule has 2 aromatic rings. The molecule has 1 atom stereocenters. The smallest absolute Gasteiger partial charge is 0.191 e. The van der Waals surface area contributed by atoms with E-state index in [0.717, 1.165) is 12.1 Å². The van der Waals surface area contributed by atoms with Gasteiger partial charge in [0.1, 0.15) is 11.5 Å². The first-order valence-electron chi connectivity index (χ1n) is 8.64. The molecule has 0 aliphatic carbocycles. The van der Waals surface area contributed by atoms with E-state index in [4.69, 9.17) is 9.47 Å². The summed E-state index contributed by atoms with van der Waals surface area (Å²) in [6.45, 7) is 3.60. The predicted octanol–water partition coefficient (Wildman–Crippen LogP) is 3.11. The van der Waals surface area contributed by atoms with Crippen molar-refractivity contribution >= 4 is 29.9 Å². The number of nitrogens with zero attached hydrogens (tertiary/aromatic N) is 1. The molecule has 0 aliphatic rings. The zero-order valence-corrected chi connectivity index (χ0v) is 18.3. The highest BCUT2D eigenvalue weighted by Gasteiger charge is 2.15. The fraction of sp³-hybridized carbons (Fsp3) is 0.350. The monoisotopic (exact) mass is 485 g/mol. The Balaban J connectivity index is 0.00000364. The van der Waals surface area contributed by atoms with Crippen molar-refractivity contribution in [2.75, 3.05) is 27.3 Å². The van der Waals surface area contributed by atoms with Crippen LogP contribution in [0.5, 0.6) is 11.5 Å². The summed E-state index contributed by atoms with van der Waals surface area (Å²) in [4.78, 5) is 4.55. The minimum atomic E-state index is -0.763. The van der Waals surface area contributed by atoms with Crippen LogP contribution in [0.1, 0.15) is 24.2 Å². The third-order valence-electron chi connectivity index (χ3n) is 3.87. The molecule has 0 fully saturated rings. The highest BCUT2D eigenvalue weighted by molar-refractivity contribution is 14.0. The molecule has 0 heterocycles. The second-order valence-electron chi connectivity index (χ2n) is 5.69. The summed E-state index contributed by atoms with van der Waals surface area (Å²) in [6, 6.07) is 15.4. The number of rotatable bonds is 8. The Labute approximate surface area is 178 Å². The minimum absolute atomic E-state index is 0. The maximum Gasteiger partial charge on any atom is 0.191 e. The Hall–Kier alpha value is -2.00. The number of aliphatic hydroxyl groups is 1. The average Bonchev–Trinajstić information content (AvgIpc) is 2.70. The van der Waals surface area contributed by atoms with Gasteiger partial charge in [0.05, 0.1) is 26.9 Å². The Morgan fingerprint density at radius 2 is 1.81 bits per heavy atom. The van der Waals surface area contributed by atoms with Crippen molar-refractivity contribution in [2.24, 2.45) is 4.99 Å². The van der Waals surface area contributed by atoms with Gasteiger partial charge < -0.3 is 25.2 Å². The maximum atomic E-state index is 10.6. The van der Waals surface area contributed by atoms with Crippen molar-refractivity contribution in [3.8, 4) is 11.5 Å². The van der Waals surface area contributed by atoms with Gasteiger partial charge in [0.15, 0.2) is 5.96 Å². The van der Waals surface area contributed by atoms with Crippen LogP contribution in [0.4, 0.5) is 0 Å². The highest BCUT2D eigenvalue weighted by atomic mass is 127. The van der Waals surface area contributed by atoms with Gasteiger partial charge >= 0.3 is 0 Å². The summed E-state index contributed by atoms with van der Waals surface area (Å²) >= 11 is 0. The third kappa shape index (κ3) is 7.26. The van der Waals surface area contributed by atoms with Crippen LogP contribution in [0.25, 0.3) is 0 Å². The second-order valence-corrected chi connectivity index (χ2v) is 5.69. The first-order valence-corrected chi connectivity index (χ1v) is 8.64. The lowest BCUT2D eigenvalue weighted by molar-refractivity contribution is 0.176. The largest absolute Gasteiger partial charge is 0.497 e. The number of aliphatic imine (C=N–C) groups is 1. The lowest BCUT2D eigenvalue weighted by Gasteiger charge is -2.18. The molecule has 148 valence electrons. The molecule has 0 spiro atoms. The number of halogens is 1. The molecule has 0 amide bonds. The van der Waals surface area contributed by atoms with Crippen molar-refractivity contribution in [3.63, 3.8) is 0 Å². The number of hydrogen-bond acceptors (Lipinski definition) is 4. The summed E-state index contributed by atoms with van der Waals surface area (Å²) in [6.07, 6.45) is -0.763. The van der Waals surface area contributed by atoms with Gasteiger partial charge in [-0.25, -0.2) is 4.99 Å². The van der Waals surface area contributed by atoms with Crippen molar-refractivity contribution in [2.45, 2.75) is 19.6 Å². The molecule has 7 heteroatoms. The molecule has 0 aliphatic heterocycles. The fourth-order valence-corrected chi connectivity index (χ4v) is 2.50. The molecule has 27 heavy (non-hydrogen) atoms. The number of ether oxygens (including phenoxy) is 2. The second kappa shape index (κ2) is 12.4. The standard InChI is InChI=1S/C20H27N3O3.HI/c1-4-21-20(22-13-15-8-6-5-7-9-15)23-14-18(24)17-12-16(25-2)10-11-19(17)26-3;/h5-12,18,24H,4,13-14H2,1-3H3,(H2,21,22,23);1H. The van der Waals surface area contributed by atoms with Crippen molar-refractivity contribution in [3.05, 3.63) is 59.7 Å². The molecule has 0 bridgehead atoms. The van der Waals surface area contributed by atoms with Gasteiger partial charge in [-0.1, -0.05) is 30.3 Å². The number of aliphatic hydroxyl groups excluding tert-OH is 1. The van der Waals surface area contributed by atoms with Crippen LogP contribution in [0.2, 0.25) is 0 Å². The van der Waals surface area contributed by atoms with E-state index in [1.165, 1.54) is 0 Å². The van der Waals surface area contributed by atoms with Crippen LogP contribution in [0, 0.1) is 0 Å². The van der Waals surface area contributed by atoms with Gasteiger partial charge in [0, 0.05) is 18.7 Å². The van der Waals surface area contributed by atoms with E-state index in [9.17, 15) is 5.11 Å². The predicted molar refractivity (Wildman–Crippen MR) is 119 cm³/mol. The summed E-state index contributed by atoms with van der Waals surface area (Å²) in [7, 11) is 3.17. The molecule has 2 rings (SSSR count). The lowest BCUT2D eigenvalue weighted by Crippen LogP contribution is -2.39. The number of hydrogen-bond donors (Lipinski definition) is 3. The average molecular weight is 485 g/mol. The van der Waals surface area contributed by atoms with E-state index in [1.54, 1.807) is 32.4 Å². The Morgan fingerprint density at radius 1 is 1.07 bits per heavy atom. The summed E-state index contributed by atoms with van der Waals surface area (Å²) < 4.78 is 10.6. The summed E-state index contributed by atoms with van der Waals surface area (Å²) in [5, 5.41) is 16.9.